The molecule has 2 N–H and O–H groups in total. The predicted molar refractivity (Wildman–Crippen MR) is 282 cm³/mol. The molecule has 4 aromatic heterocycles. The van der Waals surface area contributed by atoms with Gasteiger partial charge in [-0.3, -0.25) is 0 Å². The maximum absolute atomic E-state index is 6.01. The van der Waals surface area contributed by atoms with Crippen molar-refractivity contribution in [2.75, 3.05) is 13.2 Å². The van der Waals surface area contributed by atoms with Gasteiger partial charge in [0.2, 0.25) is 0 Å². The van der Waals surface area contributed by atoms with Gasteiger partial charge in [-0.1, -0.05) is 104 Å². The van der Waals surface area contributed by atoms with Gasteiger partial charge in [0, 0.05) is 67.8 Å². The number of nitrogens with one attached hydrogen (secondary N) is 2. The third-order valence-corrected chi connectivity index (χ3v) is 13.1. The van der Waals surface area contributed by atoms with Crippen molar-refractivity contribution in [2.45, 2.75) is 68.5 Å². The quantitative estimate of drug-likeness (QED) is 0.113. The molecule has 9 nitrogen and oxygen atoms in total. The predicted octanol–water partition coefficient (Wildman–Crippen LogP) is 15.1. The Morgan fingerprint density at radius 1 is 0.426 bits per heavy atom. The highest BCUT2D eigenvalue weighted by Gasteiger charge is 2.24. The second-order valence-electron chi connectivity index (χ2n) is 20.3. The van der Waals surface area contributed by atoms with Crippen LogP contribution in [0.5, 0.6) is 11.5 Å². The number of benzene rings is 7. The normalized spacial score (nSPS) is 12.3. The molecule has 342 valence electrons. The van der Waals surface area contributed by atoms with Crippen LogP contribution in [0.25, 0.3) is 110 Å². The lowest BCUT2D eigenvalue weighted by Gasteiger charge is -2.12. The van der Waals surface area contributed by atoms with E-state index in [9.17, 15) is 0 Å². The van der Waals surface area contributed by atoms with Crippen molar-refractivity contribution in [2.24, 2.45) is 23.7 Å². The molecule has 0 atom stereocenters. The molecule has 9 heteroatoms. The summed E-state index contributed by atoms with van der Waals surface area (Å²) in [6, 6.07) is 44.4. The van der Waals surface area contributed by atoms with Crippen LogP contribution >= 0.6 is 0 Å². The first-order valence-electron chi connectivity index (χ1n) is 24.3. The van der Waals surface area contributed by atoms with Crippen molar-refractivity contribution in [3.63, 3.8) is 0 Å². The van der Waals surface area contributed by atoms with Crippen LogP contribution in [0.1, 0.15) is 55.4 Å². The van der Waals surface area contributed by atoms with E-state index in [0.29, 0.717) is 36.9 Å². The van der Waals surface area contributed by atoms with E-state index in [1.54, 1.807) is 6.33 Å². The Morgan fingerprint density at radius 3 is 1.24 bits per heavy atom. The Bertz CT molecular complexity index is 3350. The number of nitrogens with zero attached hydrogens (tertiary/aromatic N) is 5. The molecule has 0 bridgehead atoms. The largest absolute Gasteiger partial charge is 0.493 e. The maximum atomic E-state index is 6.01. The third kappa shape index (κ3) is 7.73. The zero-order valence-corrected chi connectivity index (χ0v) is 40.3. The summed E-state index contributed by atoms with van der Waals surface area (Å²) in [5, 5.41) is 17.6. The first kappa shape index (κ1) is 43.2. The second kappa shape index (κ2) is 17.4. The molecule has 0 saturated heterocycles. The van der Waals surface area contributed by atoms with Gasteiger partial charge >= 0.3 is 0 Å². The highest BCUT2D eigenvalue weighted by atomic mass is 16.5. The third-order valence-electron chi connectivity index (χ3n) is 13.1. The van der Waals surface area contributed by atoms with E-state index in [-0.39, 0.29) is 0 Å². The minimum Gasteiger partial charge on any atom is -0.493 e. The Balaban J connectivity index is 1.04. The Morgan fingerprint density at radius 2 is 0.809 bits per heavy atom. The monoisotopic (exact) mass is 897 g/mol. The van der Waals surface area contributed by atoms with Crippen molar-refractivity contribution >= 4 is 65.7 Å². The van der Waals surface area contributed by atoms with Gasteiger partial charge in [-0.2, -0.15) is 15.4 Å². The molecule has 4 heterocycles. The maximum Gasteiger partial charge on any atom is 0.123 e. The zero-order valence-electron chi connectivity index (χ0n) is 40.3. The standard InChI is InChI=1S/C59H59N7O2/c1-34(2)29-65-50-21-13-40(38-9-17-44(18-10-38)67-31-36(5)6)25-46(50)48-27-42(15-23-52(48)65)54-56-57(61-33-60-56)55(59-58(54)62-64-63-59)43-16-24-53-49(28-43)47-26-41(14-22-51(47)66(53)30-35(3)4)39-11-19-45(20-12-39)68-32-37(7)8/h9-28,33-37H,29-32H2,1-8H3,(H,60,61)(H,62,63,64). The smallest absolute Gasteiger partial charge is 0.123 e. The van der Waals surface area contributed by atoms with Gasteiger partial charge in [-0.25, -0.2) is 4.98 Å². The summed E-state index contributed by atoms with van der Waals surface area (Å²) in [6.07, 6.45) is 1.80. The van der Waals surface area contributed by atoms with Crippen LogP contribution in [-0.2, 0) is 13.1 Å². The summed E-state index contributed by atoms with van der Waals surface area (Å²) < 4.78 is 17.0. The molecule has 0 aliphatic carbocycles. The lowest BCUT2D eigenvalue weighted by Crippen LogP contribution is -2.04. The van der Waals surface area contributed by atoms with Crippen molar-refractivity contribution < 1.29 is 9.47 Å². The average molecular weight is 898 g/mol. The lowest BCUT2D eigenvalue weighted by atomic mass is 9.93. The van der Waals surface area contributed by atoms with E-state index in [1.165, 1.54) is 54.7 Å². The number of hydrogen-bond donors (Lipinski definition) is 2. The van der Waals surface area contributed by atoms with Crippen LogP contribution < -0.4 is 9.47 Å². The van der Waals surface area contributed by atoms with Crippen LogP contribution in [0.2, 0.25) is 0 Å². The van der Waals surface area contributed by atoms with Gasteiger partial charge in [-0.05, 0) is 130 Å². The molecule has 7 aromatic carbocycles. The summed E-state index contributed by atoms with van der Waals surface area (Å²) in [4.78, 5) is 8.60. The number of imidazole rings is 1. The number of aromatic amines is 2. The van der Waals surface area contributed by atoms with Crippen LogP contribution in [0.4, 0.5) is 0 Å². The molecule has 0 spiro atoms. The molecule has 0 saturated carbocycles. The topological polar surface area (TPSA) is 98.6 Å². The highest BCUT2D eigenvalue weighted by molar-refractivity contribution is 6.20. The minimum absolute atomic E-state index is 0.470. The summed E-state index contributed by atoms with van der Waals surface area (Å²) in [5.74, 6) is 3.67. The molecule has 68 heavy (non-hydrogen) atoms. The SMILES string of the molecule is CC(C)COc1ccc(-c2ccc3c(c2)c2cc(-c4c5n[nH]nc5c(-c5ccc6c(c5)c5cc(-c7ccc(OCC(C)C)cc7)ccc5n6CC(C)C)c5[nH]cnc45)ccc2n3CC(C)C)cc1. The fraction of sp³-hybridized carbons (Fsp3) is 0.271. The molecular formula is C59H59N7O2. The fourth-order valence-electron chi connectivity index (χ4n) is 10.1. The fourth-order valence-corrected chi connectivity index (χ4v) is 10.1. The van der Waals surface area contributed by atoms with Crippen molar-refractivity contribution in [1.82, 2.24) is 34.5 Å². The minimum atomic E-state index is 0.470. The molecule has 0 amide bonds. The summed E-state index contributed by atoms with van der Waals surface area (Å²) in [7, 11) is 0. The molecule has 0 aliphatic heterocycles. The molecule has 0 aliphatic rings. The summed E-state index contributed by atoms with van der Waals surface area (Å²) >= 11 is 0. The van der Waals surface area contributed by atoms with Crippen LogP contribution in [0.15, 0.2) is 128 Å². The van der Waals surface area contributed by atoms with E-state index >= 15 is 0 Å². The molecular weight excluding hydrogens is 839 g/mol. The number of aromatic nitrogens is 7. The van der Waals surface area contributed by atoms with E-state index in [2.05, 4.69) is 196 Å². The molecule has 0 fully saturated rings. The molecule has 0 unspecified atom stereocenters. The van der Waals surface area contributed by atoms with Crippen molar-refractivity contribution in [1.29, 1.82) is 0 Å². The van der Waals surface area contributed by atoms with Crippen LogP contribution in [0.3, 0.4) is 0 Å². The zero-order chi connectivity index (χ0) is 46.8. The molecule has 0 radical (unpaired) electrons. The number of ether oxygens (including phenoxy) is 2. The van der Waals surface area contributed by atoms with Crippen LogP contribution in [-0.4, -0.2) is 47.7 Å². The Labute approximate surface area is 397 Å². The van der Waals surface area contributed by atoms with Gasteiger partial charge < -0.3 is 23.6 Å². The Kier molecular flexibility index (Phi) is 11.0. The second-order valence-corrected chi connectivity index (χ2v) is 20.3. The first-order valence-corrected chi connectivity index (χ1v) is 24.3. The van der Waals surface area contributed by atoms with E-state index in [0.717, 1.165) is 80.0 Å². The summed E-state index contributed by atoms with van der Waals surface area (Å²) in [6.45, 7) is 21.0. The van der Waals surface area contributed by atoms with E-state index < -0.39 is 0 Å². The number of H-pyrrole nitrogens is 2. The van der Waals surface area contributed by atoms with E-state index in [1.807, 2.05) is 0 Å². The van der Waals surface area contributed by atoms with Crippen molar-refractivity contribution in [3.8, 4) is 56.0 Å². The Hall–Kier alpha value is -7.39. The van der Waals surface area contributed by atoms with Gasteiger partial charge in [0.05, 0.1) is 30.6 Å². The molecule has 11 aromatic rings. The number of hydrogen-bond acceptors (Lipinski definition) is 5. The lowest BCUT2D eigenvalue weighted by molar-refractivity contribution is 0.271. The average Bonchev–Trinajstić information content (AvgIpc) is 4.14. The van der Waals surface area contributed by atoms with Crippen LogP contribution in [0, 0.1) is 23.7 Å². The van der Waals surface area contributed by atoms with Gasteiger partial charge in [-0.15, -0.1) is 0 Å². The van der Waals surface area contributed by atoms with E-state index in [4.69, 9.17) is 24.7 Å². The first-order chi connectivity index (χ1) is 33.0. The number of rotatable bonds is 14. The summed E-state index contributed by atoms with van der Waals surface area (Å²) in [5.41, 5.74) is 16.9. The molecule has 11 rings (SSSR count). The highest BCUT2D eigenvalue weighted by Crippen LogP contribution is 2.44. The van der Waals surface area contributed by atoms with Gasteiger partial charge in [0.1, 0.15) is 22.5 Å². The number of fused-ring (bicyclic) bond motifs is 8. The van der Waals surface area contributed by atoms with Gasteiger partial charge in [0.25, 0.3) is 0 Å². The van der Waals surface area contributed by atoms with Crippen molar-refractivity contribution in [3.05, 3.63) is 128 Å². The van der Waals surface area contributed by atoms with Gasteiger partial charge in [0.15, 0.2) is 0 Å².